The van der Waals surface area contributed by atoms with Crippen molar-refractivity contribution in [1.82, 2.24) is 4.98 Å². The van der Waals surface area contributed by atoms with Crippen molar-refractivity contribution < 1.29 is 0 Å². The fourth-order valence-corrected chi connectivity index (χ4v) is 1.98. The molecule has 0 bridgehead atoms. The highest BCUT2D eigenvalue weighted by Gasteiger charge is 2.09. The van der Waals surface area contributed by atoms with Gasteiger partial charge < -0.3 is 5.32 Å². The van der Waals surface area contributed by atoms with Crippen LogP contribution in [0.1, 0.15) is 26.3 Å². The van der Waals surface area contributed by atoms with Gasteiger partial charge in [0.25, 0.3) is 0 Å². The zero-order valence-electron chi connectivity index (χ0n) is 9.95. The predicted molar refractivity (Wildman–Crippen MR) is 69.7 cm³/mol. The number of thioether (sulfide) groups is 1. The van der Waals surface area contributed by atoms with Crippen LogP contribution in [0.4, 0.5) is 5.82 Å². The number of pyridine rings is 1. The zero-order chi connectivity index (χ0) is 12.0. The number of rotatable bonds is 4. The Labute approximate surface area is 101 Å². The van der Waals surface area contributed by atoms with Crippen molar-refractivity contribution in [3.63, 3.8) is 0 Å². The summed E-state index contributed by atoms with van der Waals surface area (Å²) in [6.45, 7) is 7.41. The maximum Gasteiger partial charge on any atom is 0.143 e. The van der Waals surface area contributed by atoms with Crippen LogP contribution in [-0.4, -0.2) is 22.0 Å². The quantitative estimate of drug-likeness (QED) is 0.815. The summed E-state index contributed by atoms with van der Waals surface area (Å²) in [5, 5.41) is 12.1. The lowest BCUT2D eigenvalue weighted by Gasteiger charge is -2.17. The highest BCUT2D eigenvalue weighted by atomic mass is 32.2. The van der Waals surface area contributed by atoms with Crippen molar-refractivity contribution in [2.24, 2.45) is 0 Å². The van der Waals surface area contributed by atoms with Crippen molar-refractivity contribution in [2.45, 2.75) is 25.5 Å². The molecule has 16 heavy (non-hydrogen) atoms. The summed E-state index contributed by atoms with van der Waals surface area (Å²) in [5.41, 5.74) is 0.600. The number of nitrogens with zero attached hydrogens (tertiary/aromatic N) is 2. The van der Waals surface area contributed by atoms with Gasteiger partial charge >= 0.3 is 0 Å². The molecule has 0 aliphatic heterocycles. The van der Waals surface area contributed by atoms with E-state index >= 15 is 0 Å². The van der Waals surface area contributed by atoms with E-state index in [2.05, 4.69) is 37.1 Å². The van der Waals surface area contributed by atoms with Gasteiger partial charge in [0.1, 0.15) is 11.9 Å². The van der Waals surface area contributed by atoms with Crippen LogP contribution in [0.3, 0.4) is 0 Å². The number of aromatic nitrogens is 1. The van der Waals surface area contributed by atoms with Gasteiger partial charge in [-0.1, -0.05) is 20.8 Å². The first kappa shape index (κ1) is 12.9. The fourth-order valence-electron chi connectivity index (χ4n) is 1.16. The number of hydrogen-bond acceptors (Lipinski definition) is 4. The molecule has 1 aromatic rings. The van der Waals surface area contributed by atoms with Gasteiger partial charge in [-0.05, 0) is 12.1 Å². The Kier molecular flexibility index (Phi) is 4.63. The van der Waals surface area contributed by atoms with Gasteiger partial charge in [0, 0.05) is 23.2 Å². The SMILES string of the molecule is CC(C)(C)SCCNc1ncccc1C#N. The second-order valence-corrected chi connectivity index (χ2v) is 6.32. The van der Waals surface area contributed by atoms with E-state index in [-0.39, 0.29) is 4.75 Å². The normalized spacial score (nSPS) is 10.9. The molecule has 0 aliphatic rings. The van der Waals surface area contributed by atoms with Gasteiger partial charge in [0.2, 0.25) is 0 Å². The molecule has 4 heteroatoms. The van der Waals surface area contributed by atoms with Gasteiger partial charge in [0.05, 0.1) is 5.56 Å². The van der Waals surface area contributed by atoms with Gasteiger partial charge in [-0.25, -0.2) is 4.98 Å². The highest BCUT2D eigenvalue weighted by molar-refractivity contribution is 8.00. The number of nitriles is 1. The second kappa shape index (κ2) is 5.76. The summed E-state index contributed by atoms with van der Waals surface area (Å²) in [7, 11) is 0. The monoisotopic (exact) mass is 235 g/mol. The highest BCUT2D eigenvalue weighted by Crippen LogP contribution is 2.22. The van der Waals surface area contributed by atoms with Crippen molar-refractivity contribution in [3.05, 3.63) is 23.9 Å². The lowest BCUT2D eigenvalue weighted by atomic mass is 10.3. The third kappa shape index (κ3) is 4.54. The summed E-state index contributed by atoms with van der Waals surface area (Å²) in [6, 6.07) is 5.66. The molecule has 0 spiro atoms. The Balaban J connectivity index is 2.41. The number of anilines is 1. The lowest BCUT2D eigenvalue weighted by Crippen LogP contribution is -2.13. The molecule has 0 unspecified atom stereocenters. The standard InChI is InChI=1S/C12H17N3S/c1-12(2,3)16-8-7-15-11-10(9-13)5-4-6-14-11/h4-6H,7-8H2,1-3H3,(H,14,15). The second-order valence-electron chi connectivity index (χ2n) is 4.40. The van der Waals surface area contributed by atoms with Gasteiger partial charge in [-0.15, -0.1) is 0 Å². The van der Waals surface area contributed by atoms with Crippen LogP contribution >= 0.6 is 11.8 Å². The fraction of sp³-hybridized carbons (Fsp3) is 0.500. The van der Waals surface area contributed by atoms with E-state index in [1.807, 2.05) is 11.8 Å². The van der Waals surface area contributed by atoms with Crippen molar-refractivity contribution in [1.29, 1.82) is 5.26 Å². The predicted octanol–water partition coefficient (Wildman–Crippen LogP) is 2.90. The first-order chi connectivity index (χ1) is 7.53. The topological polar surface area (TPSA) is 48.7 Å². The van der Waals surface area contributed by atoms with E-state index in [1.165, 1.54) is 0 Å². The molecule has 0 fully saturated rings. The van der Waals surface area contributed by atoms with Crippen molar-refractivity contribution in [2.75, 3.05) is 17.6 Å². The van der Waals surface area contributed by atoms with Crippen LogP contribution in [0.5, 0.6) is 0 Å². The van der Waals surface area contributed by atoms with E-state index in [9.17, 15) is 0 Å². The summed E-state index contributed by atoms with van der Waals surface area (Å²) >= 11 is 1.89. The van der Waals surface area contributed by atoms with Crippen LogP contribution in [-0.2, 0) is 0 Å². The molecule has 1 heterocycles. The Morgan fingerprint density at radius 1 is 1.50 bits per heavy atom. The summed E-state index contributed by atoms with van der Waals surface area (Å²) in [6.07, 6.45) is 1.69. The molecule has 3 nitrogen and oxygen atoms in total. The molecule has 0 aromatic carbocycles. The van der Waals surface area contributed by atoms with Crippen LogP contribution in [0, 0.1) is 11.3 Å². The Morgan fingerprint density at radius 3 is 2.88 bits per heavy atom. The van der Waals surface area contributed by atoms with E-state index in [0.717, 1.165) is 12.3 Å². The minimum atomic E-state index is 0.282. The van der Waals surface area contributed by atoms with Crippen LogP contribution < -0.4 is 5.32 Å². The lowest BCUT2D eigenvalue weighted by molar-refractivity contribution is 0.802. The van der Waals surface area contributed by atoms with Crippen LogP contribution in [0.25, 0.3) is 0 Å². The molecule has 86 valence electrons. The van der Waals surface area contributed by atoms with Crippen molar-refractivity contribution in [3.8, 4) is 6.07 Å². The minimum Gasteiger partial charge on any atom is -0.368 e. The number of hydrogen-bond donors (Lipinski definition) is 1. The largest absolute Gasteiger partial charge is 0.368 e. The average molecular weight is 235 g/mol. The Morgan fingerprint density at radius 2 is 2.25 bits per heavy atom. The molecule has 0 atom stereocenters. The maximum absolute atomic E-state index is 8.87. The molecule has 1 aromatic heterocycles. The summed E-state index contributed by atoms with van der Waals surface area (Å²) < 4.78 is 0.282. The van der Waals surface area contributed by atoms with Crippen molar-refractivity contribution >= 4 is 17.6 Å². The Bertz CT molecular complexity index is 377. The van der Waals surface area contributed by atoms with E-state index < -0.39 is 0 Å². The minimum absolute atomic E-state index is 0.282. The first-order valence-corrected chi connectivity index (χ1v) is 6.24. The molecule has 1 rings (SSSR count). The molecule has 1 N–H and O–H groups in total. The van der Waals surface area contributed by atoms with Crippen LogP contribution in [0.2, 0.25) is 0 Å². The molecular weight excluding hydrogens is 218 g/mol. The molecular formula is C12H17N3S. The number of nitrogens with one attached hydrogen (secondary N) is 1. The Hall–Kier alpha value is -1.21. The van der Waals surface area contributed by atoms with E-state index in [0.29, 0.717) is 11.4 Å². The molecule has 0 amide bonds. The van der Waals surface area contributed by atoms with Gasteiger partial charge in [-0.3, -0.25) is 0 Å². The summed E-state index contributed by atoms with van der Waals surface area (Å²) in [5.74, 6) is 1.69. The molecule has 0 aliphatic carbocycles. The molecule has 0 saturated carbocycles. The maximum atomic E-state index is 8.87. The smallest absolute Gasteiger partial charge is 0.143 e. The van der Waals surface area contributed by atoms with Gasteiger partial charge in [-0.2, -0.15) is 17.0 Å². The first-order valence-electron chi connectivity index (χ1n) is 5.26. The van der Waals surface area contributed by atoms with E-state index in [4.69, 9.17) is 5.26 Å². The van der Waals surface area contributed by atoms with Crippen LogP contribution in [0.15, 0.2) is 18.3 Å². The van der Waals surface area contributed by atoms with E-state index in [1.54, 1.807) is 18.3 Å². The zero-order valence-corrected chi connectivity index (χ0v) is 10.8. The summed E-state index contributed by atoms with van der Waals surface area (Å²) in [4.78, 5) is 4.14. The molecule has 0 saturated heterocycles. The molecule has 0 radical (unpaired) electrons. The third-order valence-corrected chi connectivity index (χ3v) is 3.13. The van der Waals surface area contributed by atoms with Gasteiger partial charge in [0.15, 0.2) is 0 Å². The third-order valence-electron chi connectivity index (χ3n) is 1.86. The average Bonchev–Trinajstić information content (AvgIpc) is 2.23.